The second-order valence-corrected chi connectivity index (χ2v) is 11.9. The van der Waals surface area contributed by atoms with E-state index < -0.39 is 34.4 Å². The Labute approximate surface area is 251 Å². The predicted molar refractivity (Wildman–Crippen MR) is 160 cm³/mol. The molecule has 0 aromatic heterocycles. The molecule has 220 valence electrons. The lowest BCUT2D eigenvalue weighted by molar-refractivity contribution is -0.139. The molecule has 0 saturated carbocycles. The molecular formula is C29H33Cl2N3O6S. The average Bonchev–Trinajstić information content (AvgIpc) is 2.95. The van der Waals surface area contributed by atoms with Crippen LogP contribution in [0.4, 0.5) is 5.69 Å². The number of aryl methyl sites for hydroxylation is 1. The Hall–Kier alpha value is -3.47. The maximum atomic E-state index is 14.0. The molecule has 3 rings (SSSR count). The summed E-state index contributed by atoms with van der Waals surface area (Å²) >= 11 is 12.4. The van der Waals surface area contributed by atoms with Gasteiger partial charge in [-0.2, -0.15) is 0 Å². The first kappa shape index (κ1) is 32.0. The normalized spacial score (nSPS) is 11.9. The summed E-state index contributed by atoms with van der Waals surface area (Å²) in [5.41, 5.74) is 1.73. The minimum Gasteiger partial charge on any atom is -0.493 e. The van der Waals surface area contributed by atoms with Gasteiger partial charge in [-0.3, -0.25) is 13.9 Å². The molecule has 12 heteroatoms. The number of hydrogen-bond donors (Lipinski definition) is 1. The molecule has 0 saturated heterocycles. The van der Waals surface area contributed by atoms with E-state index in [1.807, 2.05) is 6.92 Å². The highest BCUT2D eigenvalue weighted by molar-refractivity contribution is 7.92. The summed E-state index contributed by atoms with van der Waals surface area (Å²) in [5.74, 6) is -0.436. The van der Waals surface area contributed by atoms with Crippen LogP contribution in [-0.4, -0.2) is 58.5 Å². The number of amides is 2. The first-order valence-corrected chi connectivity index (χ1v) is 14.9. The minimum atomic E-state index is -4.29. The SMILES string of the molecule is CCNC(=O)[C@H](C)N(Cc1ccc(Cl)cc1Cl)C(=O)CN(c1ccc(C)cc1)S(=O)(=O)c1ccc(OC)c(OC)c1. The van der Waals surface area contributed by atoms with Crippen molar-refractivity contribution >= 4 is 50.7 Å². The number of rotatable bonds is 12. The number of nitrogens with zero attached hydrogens (tertiary/aromatic N) is 2. The molecule has 0 aliphatic rings. The largest absolute Gasteiger partial charge is 0.493 e. The second kappa shape index (κ2) is 13.9. The van der Waals surface area contributed by atoms with Crippen LogP contribution in [-0.2, 0) is 26.2 Å². The molecule has 3 aromatic rings. The fourth-order valence-electron chi connectivity index (χ4n) is 4.08. The maximum Gasteiger partial charge on any atom is 0.264 e. The van der Waals surface area contributed by atoms with E-state index in [-0.39, 0.29) is 22.9 Å². The van der Waals surface area contributed by atoms with E-state index >= 15 is 0 Å². The molecule has 0 heterocycles. The number of ether oxygens (including phenoxy) is 2. The van der Waals surface area contributed by atoms with E-state index in [0.29, 0.717) is 27.9 Å². The van der Waals surface area contributed by atoms with Crippen molar-refractivity contribution in [1.82, 2.24) is 10.2 Å². The summed E-state index contributed by atoms with van der Waals surface area (Å²) in [5, 5.41) is 3.44. The zero-order valence-electron chi connectivity index (χ0n) is 23.5. The van der Waals surface area contributed by atoms with Crippen LogP contribution in [0.3, 0.4) is 0 Å². The van der Waals surface area contributed by atoms with Gasteiger partial charge in [-0.05, 0) is 62.7 Å². The Morgan fingerprint density at radius 1 is 0.951 bits per heavy atom. The van der Waals surface area contributed by atoms with E-state index in [9.17, 15) is 18.0 Å². The van der Waals surface area contributed by atoms with Crippen molar-refractivity contribution in [2.75, 3.05) is 31.6 Å². The Morgan fingerprint density at radius 2 is 1.61 bits per heavy atom. The molecule has 0 radical (unpaired) electrons. The van der Waals surface area contributed by atoms with Crippen LogP contribution >= 0.6 is 23.2 Å². The van der Waals surface area contributed by atoms with Gasteiger partial charge in [0.15, 0.2) is 11.5 Å². The van der Waals surface area contributed by atoms with Crippen molar-refractivity contribution in [3.63, 3.8) is 0 Å². The number of methoxy groups -OCH3 is 2. The molecular weight excluding hydrogens is 589 g/mol. The van der Waals surface area contributed by atoms with Gasteiger partial charge in [-0.25, -0.2) is 8.42 Å². The molecule has 1 atom stereocenters. The lowest BCUT2D eigenvalue weighted by atomic mass is 10.1. The lowest BCUT2D eigenvalue weighted by Crippen LogP contribution is -2.51. The van der Waals surface area contributed by atoms with Crippen LogP contribution < -0.4 is 19.1 Å². The van der Waals surface area contributed by atoms with Crippen LogP contribution in [0, 0.1) is 6.92 Å². The molecule has 2 amide bonds. The van der Waals surface area contributed by atoms with Crippen LogP contribution in [0.5, 0.6) is 11.5 Å². The third-order valence-electron chi connectivity index (χ3n) is 6.42. The number of likely N-dealkylation sites (N-methyl/N-ethyl adjacent to an activating group) is 1. The summed E-state index contributed by atoms with van der Waals surface area (Å²) < 4.78 is 39.7. The van der Waals surface area contributed by atoms with Gasteiger partial charge >= 0.3 is 0 Å². The first-order chi connectivity index (χ1) is 19.4. The van der Waals surface area contributed by atoms with E-state index in [2.05, 4.69) is 5.32 Å². The molecule has 0 unspecified atom stereocenters. The quantitative estimate of drug-likeness (QED) is 0.303. The van der Waals surface area contributed by atoms with Gasteiger partial charge in [0, 0.05) is 29.2 Å². The van der Waals surface area contributed by atoms with Gasteiger partial charge in [0.05, 0.1) is 24.8 Å². The third-order valence-corrected chi connectivity index (χ3v) is 8.77. The van der Waals surface area contributed by atoms with E-state index in [1.54, 1.807) is 50.2 Å². The molecule has 0 aliphatic heterocycles. The molecule has 0 bridgehead atoms. The smallest absolute Gasteiger partial charge is 0.264 e. The lowest BCUT2D eigenvalue weighted by Gasteiger charge is -2.32. The van der Waals surface area contributed by atoms with Crippen molar-refractivity contribution in [2.45, 2.75) is 38.3 Å². The van der Waals surface area contributed by atoms with Crippen LogP contribution in [0.2, 0.25) is 10.0 Å². The van der Waals surface area contributed by atoms with Crippen molar-refractivity contribution in [2.24, 2.45) is 0 Å². The zero-order valence-corrected chi connectivity index (χ0v) is 25.8. The highest BCUT2D eigenvalue weighted by Crippen LogP contribution is 2.32. The predicted octanol–water partition coefficient (Wildman–Crippen LogP) is 5.07. The Balaban J connectivity index is 2.08. The first-order valence-electron chi connectivity index (χ1n) is 12.8. The van der Waals surface area contributed by atoms with Crippen molar-refractivity contribution in [1.29, 1.82) is 0 Å². The summed E-state index contributed by atoms with van der Waals surface area (Å²) in [4.78, 5) is 28.0. The summed E-state index contributed by atoms with van der Waals surface area (Å²) in [6, 6.07) is 14.8. The monoisotopic (exact) mass is 621 g/mol. The average molecular weight is 623 g/mol. The second-order valence-electron chi connectivity index (χ2n) is 9.19. The number of carbonyl (C=O) groups is 2. The van der Waals surface area contributed by atoms with E-state index in [0.717, 1.165) is 9.87 Å². The Kier molecular flexibility index (Phi) is 10.9. The van der Waals surface area contributed by atoms with Crippen molar-refractivity contribution in [3.8, 4) is 11.5 Å². The topological polar surface area (TPSA) is 105 Å². The van der Waals surface area contributed by atoms with Gasteiger partial charge in [0.2, 0.25) is 11.8 Å². The molecule has 0 fully saturated rings. The Morgan fingerprint density at radius 3 is 2.20 bits per heavy atom. The third kappa shape index (κ3) is 7.63. The highest BCUT2D eigenvalue weighted by Gasteiger charge is 2.33. The van der Waals surface area contributed by atoms with Crippen LogP contribution in [0.15, 0.2) is 65.6 Å². The fourth-order valence-corrected chi connectivity index (χ4v) is 5.98. The molecule has 0 aliphatic carbocycles. The van der Waals surface area contributed by atoms with Gasteiger partial charge in [0.25, 0.3) is 10.0 Å². The van der Waals surface area contributed by atoms with E-state index in [4.69, 9.17) is 32.7 Å². The van der Waals surface area contributed by atoms with E-state index in [1.165, 1.54) is 43.4 Å². The van der Waals surface area contributed by atoms with Crippen LogP contribution in [0.1, 0.15) is 25.0 Å². The molecule has 1 N–H and O–H groups in total. The Bertz CT molecular complexity index is 1500. The molecule has 9 nitrogen and oxygen atoms in total. The molecule has 3 aromatic carbocycles. The number of benzene rings is 3. The number of carbonyl (C=O) groups excluding carboxylic acids is 2. The van der Waals surface area contributed by atoms with Crippen LogP contribution in [0.25, 0.3) is 0 Å². The number of nitrogens with one attached hydrogen (secondary N) is 1. The summed E-state index contributed by atoms with van der Waals surface area (Å²) in [6.07, 6.45) is 0. The van der Waals surface area contributed by atoms with Crippen molar-refractivity contribution < 1.29 is 27.5 Å². The number of sulfonamides is 1. The number of hydrogen-bond acceptors (Lipinski definition) is 6. The number of anilines is 1. The van der Waals surface area contributed by atoms with Crippen molar-refractivity contribution in [3.05, 3.63) is 81.8 Å². The standard InChI is InChI=1S/C29H33Cl2N3O6S/c1-6-32-29(36)20(3)33(17-21-9-10-22(30)15-25(21)31)28(35)18-34(23-11-7-19(2)8-12-23)41(37,38)24-13-14-26(39-4)27(16-24)40-5/h7-16,20H,6,17-18H2,1-5H3,(H,32,36)/t20-/m0/s1. The van der Waals surface area contributed by atoms with Gasteiger partial charge in [0.1, 0.15) is 12.6 Å². The summed E-state index contributed by atoms with van der Waals surface area (Å²) in [7, 11) is -1.44. The van der Waals surface area contributed by atoms with Gasteiger partial charge < -0.3 is 19.7 Å². The molecule has 41 heavy (non-hydrogen) atoms. The maximum absolute atomic E-state index is 14.0. The van der Waals surface area contributed by atoms with Gasteiger partial charge in [-0.1, -0.05) is 47.0 Å². The summed E-state index contributed by atoms with van der Waals surface area (Å²) in [6.45, 7) is 4.93. The fraction of sp³-hybridized carbons (Fsp3) is 0.310. The number of halogens is 2. The minimum absolute atomic E-state index is 0.0503. The molecule has 0 spiro atoms. The van der Waals surface area contributed by atoms with Gasteiger partial charge in [-0.15, -0.1) is 0 Å². The highest BCUT2D eigenvalue weighted by atomic mass is 35.5. The zero-order chi connectivity index (χ0) is 30.3.